The van der Waals surface area contributed by atoms with Gasteiger partial charge in [-0.05, 0) is 53.1 Å². The van der Waals surface area contributed by atoms with Gasteiger partial charge in [0.1, 0.15) is 5.82 Å². The third-order valence-corrected chi connectivity index (χ3v) is 5.47. The molecule has 0 aliphatic heterocycles. The quantitative estimate of drug-likeness (QED) is 0.434. The van der Waals surface area contributed by atoms with Gasteiger partial charge < -0.3 is 4.55 Å². The van der Waals surface area contributed by atoms with Gasteiger partial charge in [-0.1, -0.05) is 47.5 Å². The normalized spacial score (nSPS) is 11.7. The van der Waals surface area contributed by atoms with Crippen molar-refractivity contribution in [3.8, 4) is 34.0 Å². The molecule has 6 nitrogen and oxygen atoms in total. The van der Waals surface area contributed by atoms with Crippen LogP contribution in [0.4, 0.5) is 4.39 Å². The zero-order chi connectivity index (χ0) is 22.7. The lowest BCUT2D eigenvalue weighted by molar-refractivity contribution is 0.536. The number of hydrogen-bond donors (Lipinski definition) is 0. The van der Waals surface area contributed by atoms with Crippen molar-refractivity contribution in [3.05, 3.63) is 106 Å². The van der Waals surface area contributed by atoms with Crippen LogP contribution in [0.2, 0.25) is 0 Å². The zero-order valence-corrected chi connectivity index (χ0v) is 17.4. The Morgan fingerprint density at radius 1 is 0.969 bits per heavy atom. The van der Waals surface area contributed by atoms with Crippen LogP contribution in [0.25, 0.3) is 27.9 Å². The summed E-state index contributed by atoms with van der Waals surface area (Å²) in [6.07, 6.45) is 1.54. The van der Waals surface area contributed by atoms with Crippen LogP contribution in [0.3, 0.4) is 0 Å². The number of nitriles is 1. The molecule has 0 radical (unpaired) electrons. The Balaban J connectivity index is 1.89. The van der Waals surface area contributed by atoms with Gasteiger partial charge >= 0.3 is 0 Å². The lowest BCUT2D eigenvalue weighted by atomic mass is 9.96. The number of aromatic nitrogens is 2. The van der Waals surface area contributed by atoms with E-state index in [1.54, 1.807) is 54.7 Å². The largest absolute Gasteiger partial charge is 0.772 e. The fourth-order valence-electron chi connectivity index (χ4n) is 3.35. The van der Waals surface area contributed by atoms with Crippen LogP contribution >= 0.6 is 0 Å². The van der Waals surface area contributed by atoms with Crippen LogP contribution in [-0.4, -0.2) is 18.5 Å². The standard InChI is InChI=1S/C24H16FN3O3S/c25-20-9-7-19(8-10-20)23-22(18-5-1-17(2-6-18)15-32(30)31)14-27-28(24(23)29)21-11-3-16(13-26)4-12-21/h1-12,14H,15H2,(H,30,31)/p-1. The van der Waals surface area contributed by atoms with Crippen LogP contribution in [0.1, 0.15) is 11.1 Å². The molecule has 3 aromatic carbocycles. The smallest absolute Gasteiger partial charge is 0.279 e. The first-order valence-electron chi connectivity index (χ1n) is 9.50. The van der Waals surface area contributed by atoms with Crippen molar-refractivity contribution in [1.82, 2.24) is 9.78 Å². The molecule has 0 spiro atoms. The number of benzene rings is 3. The molecule has 1 aromatic heterocycles. The van der Waals surface area contributed by atoms with Crippen LogP contribution in [0, 0.1) is 17.1 Å². The summed E-state index contributed by atoms with van der Waals surface area (Å²) < 4.78 is 36.6. The predicted molar refractivity (Wildman–Crippen MR) is 118 cm³/mol. The molecule has 1 atom stereocenters. The molecular formula is C24H15FN3O3S-. The summed E-state index contributed by atoms with van der Waals surface area (Å²) >= 11 is -2.21. The minimum Gasteiger partial charge on any atom is -0.772 e. The molecule has 0 saturated carbocycles. The molecule has 4 rings (SSSR count). The van der Waals surface area contributed by atoms with Crippen molar-refractivity contribution in [1.29, 1.82) is 5.26 Å². The minimum atomic E-state index is -2.21. The Morgan fingerprint density at radius 3 is 2.19 bits per heavy atom. The van der Waals surface area contributed by atoms with Crippen molar-refractivity contribution < 1.29 is 13.2 Å². The number of hydrogen-bond acceptors (Lipinski definition) is 5. The van der Waals surface area contributed by atoms with Crippen LogP contribution in [0.5, 0.6) is 0 Å². The second-order valence-corrected chi connectivity index (χ2v) is 7.86. The van der Waals surface area contributed by atoms with Gasteiger partial charge in [0.2, 0.25) is 0 Å². The van der Waals surface area contributed by atoms with E-state index in [-0.39, 0.29) is 5.75 Å². The van der Waals surface area contributed by atoms with Gasteiger partial charge in [-0.25, -0.2) is 4.39 Å². The first-order chi connectivity index (χ1) is 15.5. The average Bonchev–Trinajstić information content (AvgIpc) is 2.80. The van der Waals surface area contributed by atoms with Gasteiger partial charge in [0.15, 0.2) is 0 Å². The maximum atomic E-state index is 13.5. The Bertz CT molecular complexity index is 1390. The molecule has 4 aromatic rings. The monoisotopic (exact) mass is 444 g/mol. The maximum absolute atomic E-state index is 13.5. The second kappa shape index (κ2) is 9.06. The summed E-state index contributed by atoms with van der Waals surface area (Å²) in [4.78, 5) is 13.5. The molecule has 0 N–H and O–H groups in total. The van der Waals surface area contributed by atoms with E-state index in [0.717, 1.165) is 0 Å². The van der Waals surface area contributed by atoms with Gasteiger partial charge in [0, 0.05) is 11.3 Å². The van der Waals surface area contributed by atoms with Crippen molar-refractivity contribution in [2.24, 2.45) is 0 Å². The van der Waals surface area contributed by atoms with Crippen LogP contribution in [0.15, 0.2) is 83.8 Å². The Kier molecular flexibility index (Phi) is 6.03. The predicted octanol–water partition coefficient (Wildman–Crippen LogP) is 3.96. The average molecular weight is 444 g/mol. The van der Waals surface area contributed by atoms with E-state index in [1.165, 1.54) is 28.9 Å². The summed E-state index contributed by atoms with van der Waals surface area (Å²) in [5.74, 6) is -0.532. The fraction of sp³-hybridized carbons (Fsp3) is 0.0417. The number of halogens is 1. The van der Waals surface area contributed by atoms with E-state index in [4.69, 9.17) is 5.26 Å². The molecule has 0 amide bonds. The lowest BCUT2D eigenvalue weighted by Gasteiger charge is -2.13. The van der Waals surface area contributed by atoms with E-state index < -0.39 is 22.5 Å². The summed E-state index contributed by atoms with van der Waals surface area (Å²) in [6, 6.07) is 20.8. The van der Waals surface area contributed by atoms with Gasteiger partial charge in [0.05, 0.1) is 29.1 Å². The molecule has 1 heterocycles. The maximum Gasteiger partial charge on any atom is 0.279 e. The number of rotatable bonds is 5. The van der Waals surface area contributed by atoms with Gasteiger partial charge in [-0.2, -0.15) is 15.0 Å². The molecule has 32 heavy (non-hydrogen) atoms. The fourth-order valence-corrected chi connectivity index (χ4v) is 3.81. The minimum absolute atomic E-state index is 0.108. The molecule has 0 aliphatic carbocycles. The van der Waals surface area contributed by atoms with Gasteiger partial charge in [0.25, 0.3) is 5.56 Å². The third kappa shape index (κ3) is 4.39. The highest BCUT2D eigenvalue weighted by Gasteiger charge is 2.16. The highest BCUT2D eigenvalue weighted by atomic mass is 32.2. The van der Waals surface area contributed by atoms with E-state index in [2.05, 4.69) is 5.10 Å². The molecule has 158 valence electrons. The molecule has 0 bridgehead atoms. The topological polar surface area (TPSA) is 98.8 Å². The van der Waals surface area contributed by atoms with Gasteiger partial charge in [-0.15, -0.1) is 0 Å². The molecule has 0 aliphatic rings. The van der Waals surface area contributed by atoms with Crippen molar-refractivity contribution in [3.63, 3.8) is 0 Å². The SMILES string of the molecule is N#Cc1ccc(-n2ncc(-c3ccc(CS(=O)[O-])cc3)c(-c3ccc(F)cc3)c2=O)cc1. The van der Waals surface area contributed by atoms with E-state index in [1.807, 2.05) is 6.07 Å². The highest BCUT2D eigenvalue weighted by molar-refractivity contribution is 7.78. The van der Waals surface area contributed by atoms with Crippen LogP contribution < -0.4 is 5.56 Å². The molecule has 0 fully saturated rings. The van der Waals surface area contributed by atoms with Crippen molar-refractivity contribution in [2.45, 2.75) is 5.75 Å². The Morgan fingerprint density at radius 2 is 1.59 bits per heavy atom. The first-order valence-corrected chi connectivity index (χ1v) is 10.7. The zero-order valence-electron chi connectivity index (χ0n) is 16.6. The second-order valence-electron chi connectivity index (χ2n) is 6.96. The molecule has 8 heteroatoms. The van der Waals surface area contributed by atoms with E-state index >= 15 is 0 Å². The third-order valence-electron chi connectivity index (χ3n) is 4.90. The first kappa shape index (κ1) is 21.3. The summed E-state index contributed by atoms with van der Waals surface area (Å²) in [5.41, 5.74) is 3.18. The summed E-state index contributed by atoms with van der Waals surface area (Å²) in [7, 11) is 0. The summed E-state index contributed by atoms with van der Waals surface area (Å²) in [6.45, 7) is 0. The van der Waals surface area contributed by atoms with Crippen molar-refractivity contribution >= 4 is 11.1 Å². The van der Waals surface area contributed by atoms with E-state index in [0.29, 0.717) is 39.1 Å². The van der Waals surface area contributed by atoms with Crippen LogP contribution in [-0.2, 0) is 16.8 Å². The Hall–Kier alpha value is -3.93. The molecular weight excluding hydrogens is 429 g/mol. The lowest BCUT2D eigenvalue weighted by Crippen LogP contribution is -2.23. The van der Waals surface area contributed by atoms with Crippen molar-refractivity contribution in [2.75, 3.05) is 0 Å². The summed E-state index contributed by atoms with van der Waals surface area (Å²) in [5, 5.41) is 13.3. The Labute approximate surface area is 185 Å². The number of nitrogens with zero attached hydrogens (tertiary/aromatic N) is 3. The van der Waals surface area contributed by atoms with Gasteiger partial charge in [-0.3, -0.25) is 9.00 Å². The molecule has 0 saturated heterocycles. The molecule has 1 unspecified atom stereocenters. The van der Waals surface area contributed by atoms with E-state index in [9.17, 15) is 17.9 Å². The highest BCUT2D eigenvalue weighted by Crippen LogP contribution is 2.29.